The minimum absolute atomic E-state index is 0.00889. The highest BCUT2D eigenvalue weighted by Crippen LogP contribution is 2.24. The summed E-state index contributed by atoms with van der Waals surface area (Å²) in [6.07, 6.45) is 4.23. The summed E-state index contributed by atoms with van der Waals surface area (Å²) in [4.78, 5) is 42.9. The highest BCUT2D eigenvalue weighted by atomic mass is 16.3. The molecule has 0 spiro atoms. The lowest BCUT2D eigenvalue weighted by molar-refractivity contribution is 0.0909. The summed E-state index contributed by atoms with van der Waals surface area (Å²) >= 11 is 0. The zero-order valence-electron chi connectivity index (χ0n) is 18.3. The first-order valence-electron chi connectivity index (χ1n) is 10.5. The second-order valence-electron chi connectivity index (χ2n) is 9.22. The first kappa shape index (κ1) is 21.5. The second kappa shape index (κ2) is 8.10. The van der Waals surface area contributed by atoms with E-state index in [9.17, 15) is 19.5 Å². The van der Waals surface area contributed by atoms with Gasteiger partial charge in [-0.1, -0.05) is 26.8 Å². The van der Waals surface area contributed by atoms with E-state index in [2.05, 4.69) is 20.7 Å². The van der Waals surface area contributed by atoms with Crippen molar-refractivity contribution in [3.8, 4) is 5.88 Å². The summed E-state index contributed by atoms with van der Waals surface area (Å²) in [6, 6.07) is 6.49. The van der Waals surface area contributed by atoms with Gasteiger partial charge in [-0.25, -0.2) is 4.98 Å². The average Bonchev–Trinajstić information content (AvgIpc) is 3.14. The number of nitrogens with one attached hydrogen (secondary N) is 2. The topological polar surface area (TPSA) is 131 Å². The number of rotatable bonds is 5. The molecule has 3 aromatic rings. The summed E-state index contributed by atoms with van der Waals surface area (Å²) in [5, 5.41) is 20.4. The lowest BCUT2D eigenvalue weighted by Crippen LogP contribution is -2.43. The van der Waals surface area contributed by atoms with E-state index in [0.29, 0.717) is 5.82 Å². The maximum atomic E-state index is 13.3. The Bertz CT molecular complexity index is 1240. The molecule has 10 nitrogen and oxygen atoms in total. The molecule has 0 aromatic carbocycles. The standard InChI is InChI=1S/C22H26N6O4/c1-22(2,3)12-27-16-11-14(18(29)25-15-9-4-5-10-23-15)26-28(16)21(32)17(20(27)31)19(30)24-13-7-6-8-13/h4-5,9-11,13,32H,6-8,12H2,1-3H3,(H,24,30)(H,23,25,29). The van der Waals surface area contributed by atoms with Crippen LogP contribution >= 0.6 is 0 Å². The number of carbonyl (C=O) groups is 2. The van der Waals surface area contributed by atoms with Crippen LogP contribution in [0.15, 0.2) is 35.3 Å². The van der Waals surface area contributed by atoms with E-state index in [4.69, 9.17) is 0 Å². The fraction of sp³-hybridized carbons (Fsp3) is 0.409. The van der Waals surface area contributed by atoms with Crippen molar-refractivity contribution in [3.63, 3.8) is 0 Å². The SMILES string of the molecule is CC(C)(C)Cn1c(=O)c(C(=O)NC2CCC2)c(O)n2nc(C(=O)Nc3ccccn3)cc12. The molecule has 0 aliphatic heterocycles. The quantitative estimate of drug-likeness (QED) is 0.560. The van der Waals surface area contributed by atoms with Crippen molar-refractivity contribution in [2.45, 2.75) is 52.6 Å². The van der Waals surface area contributed by atoms with Gasteiger partial charge in [0.05, 0.1) is 0 Å². The molecule has 3 heterocycles. The van der Waals surface area contributed by atoms with Crippen LogP contribution in [-0.4, -0.2) is 42.1 Å². The molecule has 0 saturated heterocycles. The molecule has 0 atom stereocenters. The largest absolute Gasteiger partial charge is 0.492 e. The molecule has 1 aliphatic carbocycles. The van der Waals surface area contributed by atoms with E-state index in [-0.39, 0.29) is 34.9 Å². The van der Waals surface area contributed by atoms with Crippen molar-refractivity contribution >= 4 is 23.3 Å². The predicted molar refractivity (Wildman–Crippen MR) is 118 cm³/mol. The number of amides is 2. The number of nitrogens with zero attached hydrogens (tertiary/aromatic N) is 4. The number of pyridine rings is 1. The van der Waals surface area contributed by atoms with Crippen LogP contribution in [0.1, 0.15) is 60.9 Å². The first-order chi connectivity index (χ1) is 15.1. The van der Waals surface area contributed by atoms with Gasteiger partial charge in [-0.2, -0.15) is 9.61 Å². The Labute approximate surface area is 184 Å². The van der Waals surface area contributed by atoms with Crippen LogP contribution in [-0.2, 0) is 6.54 Å². The van der Waals surface area contributed by atoms with Crippen molar-refractivity contribution in [3.05, 3.63) is 52.1 Å². The molecule has 168 valence electrons. The van der Waals surface area contributed by atoms with Gasteiger partial charge in [-0.05, 0) is 36.8 Å². The van der Waals surface area contributed by atoms with Gasteiger partial charge in [0.15, 0.2) is 11.3 Å². The number of hydrogen-bond donors (Lipinski definition) is 3. The van der Waals surface area contributed by atoms with Crippen molar-refractivity contribution in [1.82, 2.24) is 24.5 Å². The summed E-state index contributed by atoms with van der Waals surface area (Å²) < 4.78 is 2.44. The fourth-order valence-corrected chi connectivity index (χ4v) is 3.52. The van der Waals surface area contributed by atoms with E-state index in [1.54, 1.807) is 24.4 Å². The number of aromatic nitrogens is 4. The smallest absolute Gasteiger partial charge is 0.277 e. The Balaban J connectivity index is 1.80. The van der Waals surface area contributed by atoms with Crippen LogP contribution in [0.2, 0.25) is 0 Å². The average molecular weight is 438 g/mol. The van der Waals surface area contributed by atoms with Gasteiger partial charge in [0.2, 0.25) is 5.88 Å². The molecule has 1 saturated carbocycles. The van der Waals surface area contributed by atoms with Gasteiger partial charge in [0, 0.05) is 24.8 Å². The third-order valence-corrected chi connectivity index (χ3v) is 5.29. The summed E-state index contributed by atoms with van der Waals surface area (Å²) in [5.41, 5.74) is -1.13. The van der Waals surface area contributed by atoms with E-state index < -0.39 is 23.3 Å². The Morgan fingerprint density at radius 3 is 2.56 bits per heavy atom. The Morgan fingerprint density at radius 2 is 1.97 bits per heavy atom. The minimum Gasteiger partial charge on any atom is -0.492 e. The molecule has 4 rings (SSSR count). The van der Waals surface area contributed by atoms with Crippen molar-refractivity contribution in [1.29, 1.82) is 0 Å². The van der Waals surface area contributed by atoms with Crippen LogP contribution < -0.4 is 16.2 Å². The van der Waals surface area contributed by atoms with Crippen LogP contribution in [0.25, 0.3) is 5.65 Å². The summed E-state index contributed by atoms with van der Waals surface area (Å²) in [7, 11) is 0. The van der Waals surface area contributed by atoms with E-state index >= 15 is 0 Å². The van der Waals surface area contributed by atoms with E-state index in [0.717, 1.165) is 23.8 Å². The van der Waals surface area contributed by atoms with Gasteiger partial charge < -0.3 is 15.7 Å². The summed E-state index contributed by atoms with van der Waals surface area (Å²) in [6.45, 7) is 6.10. The normalized spacial score (nSPS) is 14.2. The molecule has 0 unspecified atom stereocenters. The first-order valence-corrected chi connectivity index (χ1v) is 10.5. The highest BCUT2D eigenvalue weighted by molar-refractivity contribution is 6.03. The van der Waals surface area contributed by atoms with Crippen LogP contribution in [0.3, 0.4) is 0 Å². The number of aromatic hydroxyl groups is 1. The van der Waals surface area contributed by atoms with Gasteiger partial charge in [0.1, 0.15) is 11.5 Å². The molecule has 32 heavy (non-hydrogen) atoms. The molecule has 10 heteroatoms. The number of carbonyl (C=O) groups excluding carboxylic acids is 2. The molecule has 3 N–H and O–H groups in total. The van der Waals surface area contributed by atoms with Gasteiger partial charge in [-0.3, -0.25) is 19.0 Å². The lowest BCUT2D eigenvalue weighted by atomic mass is 9.93. The molecule has 1 fully saturated rings. The molecule has 0 bridgehead atoms. The molecular weight excluding hydrogens is 412 g/mol. The number of hydrogen-bond acceptors (Lipinski definition) is 6. The van der Waals surface area contributed by atoms with Crippen molar-refractivity contribution in [2.75, 3.05) is 5.32 Å². The Hall–Kier alpha value is -3.69. The molecular formula is C22H26N6O4. The van der Waals surface area contributed by atoms with E-state index in [1.807, 2.05) is 20.8 Å². The molecule has 3 aromatic heterocycles. The molecule has 0 radical (unpaired) electrons. The third kappa shape index (κ3) is 4.20. The van der Waals surface area contributed by atoms with Crippen molar-refractivity contribution in [2.24, 2.45) is 5.41 Å². The second-order valence-corrected chi connectivity index (χ2v) is 9.22. The van der Waals surface area contributed by atoms with Crippen LogP contribution in [0, 0.1) is 5.41 Å². The number of anilines is 1. The monoisotopic (exact) mass is 438 g/mol. The summed E-state index contributed by atoms with van der Waals surface area (Å²) in [5.74, 6) is -1.45. The van der Waals surface area contributed by atoms with Gasteiger partial charge in [0.25, 0.3) is 17.4 Å². The number of fused-ring (bicyclic) bond motifs is 1. The maximum absolute atomic E-state index is 13.3. The lowest BCUT2D eigenvalue weighted by Gasteiger charge is -2.26. The zero-order valence-corrected chi connectivity index (χ0v) is 18.3. The van der Waals surface area contributed by atoms with Gasteiger partial charge >= 0.3 is 0 Å². The fourth-order valence-electron chi connectivity index (χ4n) is 3.52. The Kier molecular flexibility index (Phi) is 5.45. The minimum atomic E-state index is -0.642. The maximum Gasteiger partial charge on any atom is 0.277 e. The zero-order chi connectivity index (χ0) is 23.0. The molecule has 1 aliphatic rings. The molecule has 2 amide bonds. The highest BCUT2D eigenvalue weighted by Gasteiger charge is 2.29. The third-order valence-electron chi connectivity index (χ3n) is 5.29. The van der Waals surface area contributed by atoms with Gasteiger partial charge in [-0.15, -0.1) is 0 Å². The van der Waals surface area contributed by atoms with Crippen molar-refractivity contribution < 1.29 is 14.7 Å². The van der Waals surface area contributed by atoms with Crippen LogP contribution in [0.4, 0.5) is 5.82 Å². The van der Waals surface area contributed by atoms with E-state index in [1.165, 1.54) is 10.6 Å². The Morgan fingerprint density at radius 1 is 1.22 bits per heavy atom. The van der Waals surface area contributed by atoms with Crippen LogP contribution in [0.5, 0.6) is 5.88 Å². The predicted octanol–water partition coefficient (Wildman–Crippen LogP) is 2.18.